The predicted molar refractivity (Wildman–Crippen MR) is 82.7 cm³/mol. The van der Waals surface area contributed by atoms with Crippen LogP contribution in [0.4, 0.5) is 5.69 Å². The van der Waals surface area contributed by atoms with E-state index in [9.17, 15) is 4.79 Å². The van der Waals surface area contributed by atoms with E-state index in [1.165, 1.54) is 0 Å². The Hall–Kier alpha value is -1.75. The molecule has 0 fully saturated rings. The van der Waals surface area contributed by atoms with Crippen LogP contribution in [-0.4, -0.2) is 25.2 Å². The van der Waals surface area contributed by atoms with E-state index in [1.807, 2.05) is 32.9 Å². The maximum Gasteiger partial charge on any atom is 0.225 e. The number of nitrogens with one attached hydrogen (secondary N) is 1. The van der Waals surface area contributed by atoms with Crippen LogP contribution in [0.1, 0.15) is 33.6 Å². The summed E-state index contributed by atoms with van der Waals surface area (Å²) in [5.41, 5.74) is 6.64. The summed E-state index contributed by atoms with van der Waals surface area (Å²) in [6, 6.07) is 5.24. The van der Waals surface area contributed by atoms with Crippen molar-refractivity contribution < 1.29 is 14.3 Å². The summed E-state index contributed by atoms with van der Waals surface area (Å²) in [4.78, 5) is 12.0. The SMILES string of the molecule is CC(C)(C)C(N)CC(=O)Nc1ccc2c(c1)OCCCO2. The fraction of sp³-hybridized carbons (Fsp3) is 0.562. The average molecular weight is 292 g/mol. The van der Waals surface area contributed by atoms with Gasteiger partial charge < -0.3 is 20.5 Å². The first-order chi connectivity index (χ1) is 9.86. The van der Waals surface area contributed by atoms with Gasteiger partial charge in [0.05, 0.1) is 13.2 Å². The predicted octanol–water partition coefficient (Wildman–Crippen LogP) is 2.55. The van der Waals surface area contributed by atoms with E-state index in [2.05, 4.69) is 5.32 Å². The largest absolute Gasteiger partial charge is 0.490 e. The van der Waals surface area contributed by atoms with Gasteiger partial charge in [-0.05, 0) is 17.5 Å². The topological polar surface area (TPSA) is 73.6 Å². The van der Waals surface area contributed by atoms with E-state index in [0.29, 0.717) is 24.7 Å². The summed E-state index contributed by atoms with van der Waals surface area (Å²) in [6.45, 7) is 7.36. The highest BCUT2D eigenvalue weighted by atomic mass is 16.5. The molecule has 0 aromatic heterocycles. The second kappa shape index (κ2) is 6.35. The van der Waals surface area contributed by atoms with Crippen LogP contribution < -0.4 is 20.5 Å². The first-order valence-electron chi connectivity index (χ1n) is 7.31. The van der Waals surface area contributed by atoms with Crippen molar-refractivity contribution in [1.82, 2.24) is 0 Å². The Kier molecular flexibility index (Phi) is 4.73. The second-order valence-electron chi connectivity index (χ2n) is 6.44. The zero-order valence-electron chi connectivity index (χ0n) is 12.9. The molecule has 1 amide bonds. The zero-order chi connectivity index (χ0) is 15.5. The standard InChI is InChI=1S/C16H24N2O3/c1-16(2,3)14(17)10-15(19)18-11-5-6-12-13(9-11)21-8-4-7-20-12/h5-6,9,14H,4,7-8,10,17H2,1-3H3,(H,18,19). The number of rotatable bonds is 3. The van der Waals surface area contributed by atoms with E-state index in [1.54, 1.807) is 6.07 Å². The van der Waals surface area contributed by atoms with Crippen LogP contribution in [0, 0.1) is 5.41 Å². The van der Waals surface area contributed by atoms with Gasteiger partial charge in [0.15, 0.2) is 11.5 Å². The Morgan fingerprint density at radius 1 is 1.29 bits per heavy atom. The molecule has 1 aliphatic heterocycles. The van der Waals surface area contributed by atoms with Gasteiger partial charge in [0.25, 0.3) is 0 Å². The minimum atomic E-state index is -0.182. The molecule has 0 saturated heterocycles. The van der Waals surface area contributed by atoms with Crippen molar-refractivity contribution >= 4 is 11.6 Å². The molecule has 3 N–H and O–H groups in total. The molecule has 0 spiro atoms. The Bertz CT molecular complexity index is 509. The maximum absolute atomic E-state index is 12.0. The zero-order valence-corrected chi connectivity index (χ0v) is 12.9. The third-order valence-corrected chi connectivity index (χ3v) is 3.55. The fourth-order valence-electron chi connectivity index (χ4n) is 1.96. The average Bonchev–Trinajstić information content (AvgIpc) is 2.62. The molecule has 1 aromatic carbocycles. The van der Waals surface area contributed by atoms with E-state index in [0.717, 1.165) is 12.2 Å². The smallest absolute Gasteiger partial charge is 0.225 e. The van der Waals surface area contributed by atoms with Gasteiger partial charge in [0.1, 0.15) is 0 Å². The van der Waals surface area contributed by atoms with E-state index in [4.69, 9.17) is 15.2 Å². The van der Waals surface area contributed by atoms with Crippen LogP contribution in [0.5, 0.6) is 11.5 Å². The number of carbonyl (C=O) groups is 1. The summed E-state index contributed by atoms with van der Waals surface area (Å²) in [7, 11) is 0. The molecule has 1 unspecified atom stereocenters. The lowest BCUT2D eigenvalue weighted by molar-refractivity contribution is -0.117. The lowest BCUT2D eigenvalue weighted by Gasteiger charge is -2.26. The number of fused-ring (bicyclic) bond motifs is 1. The highest BCUT2D eigenvalue weighted by molar-refractivity contribution is 5.91. The number of nitrogens with two attached hydrogens (primary N) is 1. The summed E-state index contributed by atoms with van der Waals surface area (Å²) < 4.78 is 11.2. The molecule has 0 aliphatic carbocycles. The van der Waals surface area contributed by atoms with Crippen molar-refractivity contribution in [1.29, 1.82) is 0 Å². The second-order valence-corrected chi connectivity index (χ2v) is 6.44. The van der Waals surface area contributed by atoms with Crippen molar-refractivity contribution in [3.05, 3.63) is 18.2 Å². The van der Waals surface area contributed by atoms with Crippen LogP contribution in [-0.2, 0) is 4.79 Å². The number of carbonyl (C=O) groups excluding carboxylic acids is 1. The molecule has 1 aliphatic rings. The Labute approximate surface area is 125 Å². The Balaban J connectivity index is 2.00. The molecule has 2 rings (SSSR count). The highest BCUT2D eigenvalue weighted by Crippen LogP contribution is 2.32. The number of anilines is 1. The molecule has 0 saturated carbocycles. The third kappa shape index (κ3) is 4.36. The van der Waals surface area contributed by atoms with Crippen molar-refractivity contribution in [2.75, 3.05) is 18.5 Å². The molecule has 1 heterocycles. The summed E-state index contributed by atoms with van der Waals surface area (Å²) >= 11 is 0. The first kappa shape index (κ1) is 15.6. The van der Waals surface area contributed by atoms with E-state index < -0.39 is 0 Å². The third-order valence-electron chi connectivity index (χ3n) is 3.55. The Morgan fingerprint density at radius 2 is 1.95 bits per heavy atom. The fourth-order valence-corrected chi connectivity index (χ4v) is 1.96. The lowest BCUT2D eigenvalue weighted by Crippen LogP contribution is -2.38. The van der Waals surface area contributed by atoms with Crippen molar-refractivity contribution in [2.24, 2.45) is 11.1 Å². The van der Waals surface area contributed by atoms with Crippen LogP contribution in [0.25, 0.3) is 0 Å². The molecular weight excluding hydrogens is 268 g/mol. The molecule has 5 heteroatoms. The first-order valence-corrected chi connectivity index (χ1v) is 7.31. The van der Waals surface area contributed by atoms with Crippen LogP contribution >= 0.6 is 0 Å². The number of ether oxygens (including phenoxy) is 2. The van der Waals surface area contributed by atoms with Gasteiger partial charge in [0.2, 0.25) is 5.91 Å². The molecular formula is C16H24N2O3. The van der Waals surface area contributed by atoms with Crippen molar-refractivity contribution in [2.45, 2.75) is 39.7 Å². The highest BCUT2D eigenvalue weighted by Gasteiger charge is 2.23. The molecule has 116 valence electrons. The summed E-state index contributed by atoms with van der Waals surface area (Å²) in [5.74, 6) is 1.30. The van der Waals surface area contributed by atoms with E-state index >= 15 is 0 Å². The van der Waals surface area contributed by atoms with Crippen molar-refractivity contribution in [3.63, 3.8) is 0 Å². The van der Waals surface area contributed by atoms with Gasteiger partial charge >= 0.3 is 0 Å². The quantitative estimate of drug-likeness (QED) is 0.898. The van der Waals surface area contributed by atoms with Gasteiger partial charge in [-0.2, -0.15) is 0 Å². The van der Waals surface area contributed by atoms with Crippen LogP contribution in [0.15, 0.2) is 18.2 Å². The number of amides is 1. The van der Waals surface area contributed by atoms with Crippen LogP contribution in [0.3, 0.4) is 0 Å². The molecule has 5 nitrogen and oxygen atoms in total. The van der Waals surface area contributed by atoms with Gasteiger partial charge in [-0.3, -0.25) is 4.79 Å². The van der Waals surface area contributed by atoms with Gasteiger partial charge in [-0.1, -0.05) is 20.8 Å². The van der Waals surface area contributed by atoms with E-state index in [-0.39, 0.29) is 23.8 Å². The van der Waals surface area contributed by atoms with Gasteiger partial charge in [-0.15, -0.1) is 0 Å². The molecule has 1 atom stereocenters. The Morgan fingerprint density at radius 3 is 2.62 bits per heavy atom. The maximum atomic E-state index is 12.0. The number of hydrogen-bond donors (Lipinski definition) is 2. The summed E-state index contributed by atoms with van der Waals surface area (Å²) in [5, 5.41) is 2.86. The van der Waals surface area contributed by atoms with Crippen molar-refractivity contribution in [3.8, 4) is 11.5 Å². The molecule has 0 radical (unpaired) electrons. The monoisotopic (exact) mass is 292 g/mol. The normalized spacial score (nSPS) is 16.0. The minimum absolute atomic E-state index is 0.0908. The molecule has 21 heavy (non-hydrogen) atoms. The molecule has 0 bridgehead atoms. The van der Waals surface area contributed by atoms with Gasteiger partial charge in [0, 0.05) is 30.6 Å². The number of benzene rings is 1. The van der Waals surface area contributed by atoms with Gasteiger partial charge in [-0.25, -0.2) is 0 Å². The number of hydrogen-bond acceptors (Lipinski definition) is 4. The molecule has 1 aromatic rings. The minimum Gasteiger partial charge on any atom is -0.490 e. The van der Waals surface area contributed by atoms with Crippen LogP contribution in [0.2, 0.25) is 0 Å². The summed E-state index contributed by atoms with van der Waals surface area (Å²) in [6.07, 6.45) is 1.15. The lowest BCUT2D eigenvalue weighted by atomic mass is 9.85.